The monoisotopic (exact) mass is 572 g/mol. The maximum Gasteiger partial charge on any atom is 0.326 e. The minimum atomic E-state index is -1.14. The molecule has 4 aromatic carbocycles. The van der Waals surface area contributed by atoms with Crippen LogP contribution in [-0.4, -0.2) is 46.9 Å². The van der Waals surface area contributed by atoms with Gasteiger partial charge in [-0.05, 0) is 65.8 Å². The molecule has 6 nitrogen and oxygen atoms in total. The molecule has 1 aliphatic carbocycles. The number of hydrogen-bond acceptors (Lipinski definition) is 3. The molecule has 5 rings (SSSR count). The summed E-state index contributed by atoms with van der Waals surface area (Å²) in [6, 6.07) is 29.3. The van der Waals surface area contributed by atoms with Gasteiger partial charge in [0.15, 0.2) is 0 Å². The fourth-order valence-electron chi connectivity index (χ4n) is 5.77. The van der Waals surface area contributed by atoms with Crippen LogP contribution in [0.4, 0.5) is 0 Å². The standard InChI is InChI=1S/C37H36N2O4/c1-24-19-25(2)21-31(20-24)36(41)39(3)34(22-26-13-15-28(16-14-26)27-9-5-4-6-10-27)35(40)38-33(37(42)43)23-30-18-17-29-11-7-8-12-32(29)30/h4-16,18-21,33-34H,17,22-23H2,1-3H3,(H,38,40)(H,42,43)/t33-,34+/m0/s1. The Balaban J connectivity index is 1.40. The zero-order valence-corrected chi connectivity index (χ0v) is 24.7. The van der Waals surface area contributed by atoms with Gasteiger partial charge in [0.25, 0.3) is 5.91 Å². The summed E-state index contributed by atoms with van der Waals surface area (Å²) in [6.07, 6.45) is 3.14. The number of carboxylic acid groups (broad SMARTS) is 1. The van der Waals surface area contributed by atoms with E-state index >= 15 is 0 Å². The summed E-state index contributed by atoms with van der Waals surface area (Å²) in [5, 5.41) is 12.9. The smallest absolute Gasteiger partial charge is 0.326 e. The van der Waals surface area contributed by atoms with Crippen molar-refractivity contribution in [3.63, 3.8) is 0 Å². The van der Waals surface area contributed by atoms with Crippen LogP contribution in [0.25, 0.3) is 16.7 Å². The molecule has 0 aliphatic heterocycles. The number of benzene rings is 4. The van der Waals surface area contributed by atoms with E-state index in [9.17, 15) is 19.5 Å². The quantitative estimate of drug-likeness (QED) is 0.235. The first-order valence-electron chi connectivity index (χ1n) is 14.5. The van der Waals surface area contributed by atoms with E-state index < -0.39 is 24.0 Å². The number of nitrogens with one attached hydrogen (secondary N) is 1. The van der Waals surface area contributed by atoms with Gasteiger partial charge in [-0.2, -0.15) is 0 Å². The Bertz CT molecular complexity index is 1650. The zero-order chi connectivity index (χ0) is 30.5. The van der Waals surface area contributed by atoms with Gasteiger partial charge in [-0.1, -0.05) is 102 Å². The first kappa shape index (κ1) is 29.5. The van der Waals surface area contributed by atoms with Gasteiger partial charge >= 0.3 is 5.97 Å². The lowest BCUT2D eigenvalue weighted by molar-refractivity contribution is -0.142. The first-order valence-corrected chi connectivity index (χ1v) is 14.5. The molecule has 218 valence electrons. The summed E-state index contributed by atoms with van der Waals surface area (Å²) in [7, 11) is 1.61. The summed E-state index contributed by atoms with van der Waals surface area (Å²) in [6.45, 7) is 3.85. The molecule has 0 aromatic heterocycles. The van der Waals surface area contributed by atoms with E-state index in [0.717, 1.165) is 50.9 Å². The maximum atomic E-state index is 13.9. The van der Waals surface area contributed by atoms with Crippen LogP contribution >= 0.6 is 0 Å². The number of carboxylic acids is 1. The Hall–Kier alpha value is -4.97. The Kier molecular flexibility index (Phi) is 8.86. The molecule has 0 saturated heterocycles. The van der Waals surface area contributed by atoms with Crippen LogP contribution in [-0.2, 0) is 22.4 Å². The van der Waals surface area contributed by atoms with E-state index in [1.807, 2.05) is 105 Å². The summed E-state index contributed by atoms with van der Waals surface area (Å²) in [5.74, 6) is -1.92. The molecule has 0 bridgehead atoms. The highest BCUT2D eigenvalue weighted by Crippen LogP contribution is 2.30. The van der Waals surface area contributed by atoms with Gasteiger partial charge in [0, 0.05) is 25.5 Å². The van der Waals surface area contributed by atoms with Crippen molar-refractivity contribution in [1.82, 2.24) is 10.2 Å². The third-order valence-electron chi connectivity index (χ3n) is 8.02. The molecule has 1 aliphatic rings. The molecule has 2 N–H and O–H groups in total. The van der Waals surface area contributed by atoms with Gasteiger partial charge in [0.2, 0.25) is 5.91 Å². The third kappa shape index (κ3) is 6.92. The van der Waals surface area contributed by atoms with E-state index in [1.165, 1.54) is 4.90 Å². The van der Waals surface area contributed by atoms with Gasteiger partial charge < -0.3 is 15.3 Å². The molecule has 0 fully saturated rings. The summed E-state index contributed by atoms with van der Waals surface area (Å²) < 4.78 is 0. The molecule has 43 heavy (non-hydrogen) atoms. The molecule has 0 unspecified atom stereocenters. The Labute approximate surface area is 252 Å². The summed E-state index contributed by atoms with van der Waals surface area (Å²) in [4.78, 5) is 41.4. The lowest BCUT2D eigenvalue weighted by atomic mass is 9.97. The normalized spacial score (nSPS) is 13.4. The van der Waals surface area contributed by atoms with E-state index in [4.69, 9.17) is 0 Å². The molecule has 4 aromatic rings. The molecule has 0 saturated carbocycles. The fraction of sp³-hybridized carbons (Fsp3) is 0.216. The number of amides is 2. The van der Waals surface area contributed by atoms with Crippen molar-refractivity contribution in [2.24, 2.45) is 0 Å². The highest BCUT2D eigenvalue weighted by atomic mass is 16.4. The summed E-state index contributed by atoms with van der Waals surface area (Å²) >= 11 is 0. The zero-order valence-electron chi connectivity index (χ0n) is 24.7. The molecular weight excluding hydrogens is 536 g/mol. The van der Waals surface area contributed by atoms with Crippen LogP contribution in [0.15, 0.2) is 103 Å². The number of aryl methyl sites for hydroxylation is 2. The third-order valence-corrected chi connectivity index (χ3v) is 8.02. The van der Waals surface area contributed by atoms with E-state index in [1.54, 1.807) is 19.2 Å². The largest absolute Gasteiger partial charge is 0.480 e. The van der Waals surface area contributed by atoms with Gasteiger partial charge in [-0.15, -0.1) is 0 Å². The van der Waals surface area contributed by atoms with Crippen molar-refractivity contribution in [3.8, 4) is 11.1 Å². The fourth-order valence-corrected chi connectivity index (χ4v) is 5.77. The lowest BCUT2D eigenvalue weighted by Crippen LogP contribution is -2.53. The number of likely N-dealkylation sites (N-methyl/N-ethyl adjacent to an activating group) is 1. The minimum Gasteiger partial charge on any atom is -0.480 e. The van der Waals surface area contributed by atoms with Crippen molar-refractivity contribution in [3.05, 3.63) is 137 Å². The Morgan fingerprint density at radius 3 is 2.12 bits per heavy atom. The molecule has 2 amide bonds. The van der Waals surface area contributed by atoms with Crippen molar-refractivity contribution in [2.75, 3.05) is 7.05 Å². The molecule has 6 heteroatoms. The minimum absolute atomic E-state index is 0.158. The highest BCUT2D eigenvalue weighted by Gasteiger charge is 2.32. The van der Waals surface area contributed by atoms with Gasteiger partial charge in [0.05, 0.1) is 0 Å². The predicted molar refractivity (Wildman–Crippen MR) is 170 cm³/mol. The molecule has 2 atom stereocenters. The van der Waals surface area contributed by atoms with Crippen molar-refractivity contribution in [2.45, 2.75) is 45.2 Å². The van der Waals surface area contributed by atoms with E-state index in [0.29, 0.717) is 5.56 Å². The number of allylic oxidation sites excluding steroid dienone is 1. The Morgan fingerprint density at radius 2 is 1.44 bits per heavy atom. The number of aliphatic carboxylic acids is 1. The number of nitrogens with zero attached hydrogens (tertiary/aromatic N) is 1. The van der Waals surface area contributed by atoms with Crippen LogP contribution in [0, 0.1) is 13.8 Å². The van der Waals surface area contributed by atoms with Crippen LogP contribution in [0.3, 0.4) is 0 Å². The number of carbonyl (C=O) groups is 3. The SMILES string of the molecule is Cc1cc(C)cc(C(=O)N(C)[C@H](Cc2ccc(-c3ccccc3)cc2)C(=O)N[C@@H](CC2=CCc3ccccc32)C(=O)O)c1. The first-order chi connectivity index (χ1) is 20.7. The molecular formula is C37H36N2O4. The Morgan fingerprint density at radius 1 is 0.814 bits per heavy atom. The van der Waals surface area contributed by atoms with Gasteiger partial charge in [-0.3, -0.25) is 9.59 Å². The second kappa shape index (κ2) is 12.9. The van der Waals surface area contributed by atoms with Crippen molar-refractivity contribution in [1.29, 1.82) is 0 Å². The average Bonchev–Trinajstić information content (AvgIpc) is 3.41. The number of rotatable bonds is 10. The van der Waals surface area contributed by atoms with Gasteiger partial charge in [0.1, 0.15) is 12.1 Å². The number of fused-ring (bicyclic) bond motifs is 1. The maximum absolute atomic E-state index is 13.9. The summed E-state index contributed by atoms with van der Waals surface area (Å²) in [5.41, 5.74) is 8.42. The van der Waals surface area contributed by atoms with Crippen molar-refractivity contribution < 1.29 is 19.5 Å². The van der Waals surface area contributed by atoms with Crippen LogP contribution < -0.4 is 5.32 Å². The molecule has 0 heterocycles. The number of carbonyl (C=O) groups excluding carboxylic acids is 2. The lowest BCUT2D eigenvalue weighted by Gasteiger charge is -2.29. The van der Waals surface area contributed by atoms with E-state index in [-0.39, 0.29) is 18.7 Å². The second-order valence-electron chi connectivity index (χ2n) is 11.3. The van der Waals surface area contributed by atoms with E-state index in [2.05, 4.69) is 5.32 Å². The van der Waals surface area contributed by atoms with Gasteiger partial charge in [-0.25, -0.2) is 4.79 Å². The highest BCUT2D eigenvalue weighted by molar-refractivity contribution is 5.98. The topological polar surface area (TPSA) is 86.7 Å². The van der Waals surface area contributed by atoms with Crippen molar-refractivity contribution >= 4 is 23.4 Å². The van der Waals surface area contributed by atoms with Crippen LogP contribution in [0.2, 0.25) is 0 Å². The second-order valence-corrected chi connectivity index (χ2v) is 11.3. The predicted octanol–water partition coefficient (Wildman–Crippen LogP) is 6.25. The number of hydrogen-bond donors (Lipinski definition) is 2. The van der Waals surface area contributed by atoms with Crippen LogP contribution in [0.5, 0.6) is 0 Å². The molecule has 0 radical (unpaired) electrons. The molecule has 0 spiro atoms. The van der Waals surface area contributed by atoms with Crippen LogP contribution in [0.1, 0.15) is 44.6 Å². The average molecular weight is 573 g/mol.